The molecule has 2 N–H and O–H groups in total. The van der Waals surface area contributed by atoms with E-state index in [-0.39, 0.29) is 9.88 Å². The fraction of sp³-hybridized carbons (Fsp3) is 0.333. The average Bonchev–Trinajstić information content (AvgIpc) is 2.55. The molecular weight excluding hydrogens is 275 g/mol. The number of hydrogen-bond donors (Lipinski definition) is 2. The number of halogens is 3. The van der Waals surface area contributed by atoms with Crippen LogP contribution >= 0.6 is 11.3 Å². The van der Waals surface area contributed by atoms with E-state index in [0.29, 0.717) is 5.56 Å². The largest absolute Gasteiger partial charge is 0.477 e. The lowest BCUT2D eigenvalue weighted by molar-refractivity contribution is -0.159. The van der Waals surface area contributed by atoms with Gasteiger partial charge < -0.3 is 9.84 Å². The number of carbonyl (C=O) groups excluding carboxylic acids is 1. The number of anilines is 1. The van der Waals surface area contributed by atoms with Crippen LogP contribution in [0, 0.1) is 6.92 Å². The molecule has 0 bridgehead atoms. The van der Waals surface area contributed by atoms with Gasteiger partial charge >= 0.3 is 18.2 Å². The van der Waals surface area contributed by atoms with Gasteiger partial charge in [-0.2, -0.15) is 13.2 Å². The zero-order valence-corrected chi connectivity index (χ0v) is 9.82. The zero-order chi connectivity index (χ0) is 13.9. The molecule has 0 atom stereocenters. The number of carboxylic acids is 1. The molecule has 1 aromatic heterocycles. The molecule has 0 radical (unpaired) electrons. The third-order valence-electron chi connectivity index (χ3n) is 1.70. The molecule has 0 unspecified atom stereocenters. The fourth-order valence-electron chi connectivity index (χ4n) is 1.04. The van der Waals surface area contributed by atoms with Gasteiger partial charge in [-0.05, 0) is 18.6 Å². The van der Waals surface area contributed by atoms with Gasteiger partial charge in [0.25, 0.3) is 0 Å². The molecule has 9 heteroatoms. The van der Waals surface area contributed by atoms with Crippen molar-refractivity contribution in [1.82, 2.24) is 0 Å². The molecule has 0 saturated heterocycles. The molecule has 1 rings (SSSR count). The summed E-state index contributed by atoms with van der Waals surface area (Å²) in [6.07, 6.45) is -5.89. The van der Waals surface area contributed by atoms with Crippen molar-refractivity contribution in [3.63, 3.8) is 0 Å². The normalized spacial score (nSPS) is 11.1. The number of carboxylic acid groups (broad SMARTS) is 1. The smallest absolute Gasteiger partial charge is 0.422 e. The summed E-state index contributed by atoms with van der Waals surface area (Å²) in [6, 6.07) is 1.34. The van der Waals surface area contributed by atoms with Crippen molar-refractivity contribution >= 4 is 28.4 Å². The molecule has 1 aromatic rings. The third-order valence-corrected chi connectivity index (χ3v) is 2.84. The van der Waals surface area contributed by atoms with Crippen molar-refractivity contribution in [3.05, 3.63) is 16.5 Å². The predicted molar refractivity (Wildman–Crippen MR) is 57.0 cm³/mol. The van der Waals surface area contributed by atoms with Gasteiger partial charge in [0.2, 0.25) is 0 Å². The van der Waals surface area contributed by atoms with Crippen LogP contribution in [0.1, 0.15) is 15.2 Å². The van der Waals surface area contributed by atoms with E-state index in [1.165, 1.54) is 13.0 Å². The molecule has 5 nitrogen and oxygen atoms in total. The SMILES string of the molecule is Cc1cc(NC(=O)OCC(F)(F)F)sc1C(=O)O. The Balaban J connectivity index is 2.60. The van der Waals surface area contributed by atoms with Crippen LogP contribution in [0.3, 0.4) is 0 Å². The van der Waals surface area contributed by atoms with Crippen LogP contribution in [0.5, 0.6) is 0 Å². The summed E-state index contributed by atoms with van der Waals surface area (Å²) in [4.78, 5) is 21.7. The van der Waals surface area contributed by atoms with Gasteiger partial charge in [-0.3, -0.25) is 5.32 Å². The van der Waals surface area contributed by atoms with Crippen LogP contribution in [-0.2, 0) is 4.74 Å². The summed E-state index contributed by atoms with van der Waals surface area (Å²) in [5.41, 5.74) is 0.402. The predicted octanol–water partition coefficient (Wildman–Crippen LogP) is 2.87. The van der Waals surface area contributed by atoms with Gasteiger partial charge in [-0.15, -0.1) is 11.3 Å². The summed E-state index contributed by atoms with van der Waals surface area (Å²) >= 11 is 0.737. The molecule has 1 heterocycles. The van der Waals surface area contributed by atoms with Gasteiger partial charge in [0.15, 0.2) is 6.61 Å². The standard InChI is InChI=1S/C9H8F3NO4S/c1-4-2-5(18-6(4)7(14)15)13-8(16)17-3-9(10,11)12/h2H,3H2,1H3,(H,13,16)(H,14,15). The number of rotatable bonds is 3. The van der Waals surface area contributed by atoms with Crippen molar-refractivity contribution in [2.45, 2.75) is 13.1 Å². The van der Waals surface area contributed by atoms with E-state index in [0.717, 1.165) is 11.3 Å². The highest BCUT2D eigenvalue weighted by Gasteiger charge is 2.29. The molecule has 0 spiro atoms. The molecular formula is C9H8F3NO4S. The summed E-state index contributed by atoms with van der Waals surface area (Å²) in [5.74, 6) is -1.17. The Kier molecular flexibility index (Phi) is 4.17. The Morgan fingerprint density at radius 1 is 1.50 bits per heavy atom. The Labute approximate surface area is 103 Å². The number of aromatic carboxylic acids is 1. The van der Waals surface area contributed by atoms with Crippen LogP contribution in [0.2, 0.25) is 0 Å². The van der Waals surface area contributed by atoms with Crippen LogP contribution in [0.15, 0.2) is 6.07 Å². The molecule has 18 heavy (non-hydrogen) atoms. The van der Waals surface area contributed by atoms with Crippen molar-refractivity contribution in [2.24, 2.45) is 0 Å². The molecule has 0 aliphatic rings. The van der Waals surface area contributed by atoms with E-state index >= 15 is 0 Å². The first kappa shape index (κ1) is 14.3. The number of alkyl halides is 3. The van der Waals surface area contributed by atoms with E-state index in [2.05, 4.69) is 4.74 Å². The van der Waals surface area contributed by atoms with Crippen molar-refractivity contribution in [1.29, 1.82) is 0 Å². The lowest BCUT2D eigenvalue weighted by Crippen LogP contribution is -2.23. The Bertz CT molecular complexity index is 469. The van der Waals surface area contributed by atoms with Crippen LogP contribution in [0.25, 0.3) is 0 Å². The lowest BCUT2D eigenvalue weighted by atomic mass is 10.3. The quantitative estimate of drug-likeness (QED) is 0.894. The Hall–Kier alpha value is -1.77. The number of thiophene rings is 1. The number of carbonyl (C=O) groups is 2. The average molecular weight is 283 g/mol. The molecule has 0 saturated carbocycles. The van der Waals surface area contributed by atoms with Crippen molar-refractivity contribution in [2.75, 3.05) is 11.9 Å². The van der Waals surface area contributed by atoms with E-state index < -0.39 is 24.8 Å². The molecule has 0 aromatic carbocycles. The maximum absolute atomic E-state index is 11.7. The fourth-order valence-corrected chi connectivity index (χ4v) is 1.94. The number of ether oxygens (including phenoxy) is 1. The highest BCUT2D eigenvalue weighted by molar-refractivity contribution is 7.18. The van der Waals surface area contributed by atoms with Crippen LogP contribution in [0.4, 0.5) is 23.0 Å². The third kappa shape index (κ3) is 4.24. The second-order valence-electron chi connectivity index (χ2n) is 3.24. The van der Waals surface area contributed by atoms with E-state index in [9.17, 15) is 22.8 Å². The Morgan fingerprint density at radius 3 is 2.56 bits per heavy atom. The second kappa shape index (κ2) is 5.25. The topological polar surface area (TPSA) is 75.6 Å². The van der Waals surface area contributed by atoms with Gasteiger partial charge in [0, 0.05) is 0 Å². The molecule has 0 aliphatic heterocycles. The van der Waals surface area contributed by atoms with Crippen molar-refractivity contribution < 1.29 is 32.6 Å². The number of aryl methyl sites for hydroxylation is 1. The van der Waals surface area contributed by atoms with Gasteiger partial charge in [0.1, 0.15) is 4.88 Å². The minimum Gasteiger partial charge on any atom is -0.477 e. The van der Waals surface area contributed by atoms with Crippen LogP contribution < -0.4 is 5.32 Å². The van der Waals surface area contributed by atoms with Gasteiger partial charge in [-0.25, -0.2) is 9.59 Å². The van der Waals surface area contributed by atoms with E-state index in [1.807, 2.05) is 5.32 Å². The first-order chi connectivity index (χ1) is 8.19. The first-order valence-corrected chi connectivity index (χ1v) is 5.35. The number of hydrogen-bond acceptors (Lipinski definition) is 4. The monoisotopic (exact) mass is 283 g/mol. The summed E-state index contributed by atoms with van der Waals surface area (Å²) in [6.45, 7) is -0.193. The molecule has 100 valence electrons. The van der Waals surface area contributed by atoms with Gasteiger partial charge in [0.05, 0.1) is 5.00 Å². The van der Waals surface area contributed by atoms with E-state index in [1.54, 1.807) is 0 Å². The minimum atomic E-state index is -4.60. The Morgan fingerprint density at radius 2 is 2.11 bits per heavy atom. The van der Waals surface area contributed by atoms with Crippen LogP contribution in [-0.4, -0.2) is 30.0 Å². The first-order valence-electron chi connectivity index (χ1n) is 4.53. The zero-order valence-electron chi connectivity index (χ0n) is 9.00. The number of nitrogens with one attached hydrogen (secondary N) is 1. The lowest BCUT2D eigenvalue weighted by Gasteiger charge is -2.07. The number of amides is 1. The molecule has 0 aliphatic carbocycles. The van der Waals surface area contributed by atoms with E-state index in [4.69, 9.17) is 5.11 Å². The second-order valence-corrected chi connectivity index (χ2v) is 4.30. The maximum atomic E-state index is 11.7. The maximum Gasteiger partial charge on any atom is 0.422 e. The highest BCUT2D eigenvalue weighted by atomic mass is 32.1. The summed E-state index contributed by atoms with van der Waals surface area (Å²) in [7, 11) is 0. The summed E-state index contributed by atoms with van der Waals surface area (Å²) < 4.78 is 39.2. The molecule has 0 fully saturated rings. The molecule has 1 amide bonds. The van der Waals surface area contributed by atoms with Gasteiger partial charge in [-0.1, -0.05) is 0 Å². The minimum absolute atomic E-state index is 0.00104. The highest BCUT2D eigenvalue weighted by Crippen LogP contribution is 2.26. The summed E-state index contributed by atoms with van der Waals surface area (Å²) in [5, 5.41) is 10.9. The van der Waals surface area contributed by atoms with Crippen molar-refractivity contribution in [3.8, 4) is 0 Å².